The molecule has 0 aliphatic rings. The van der Waals surface area contributed by atoms with Crippen molar-refractivity contribution in [3.05, 3.63) is 23.9 Å². The number of nitrogens with zero attached hydrogens (tertiary/aromatic N) is 2. The normalized spacial score (nSPS) is 12.3. The van der Waals surface area contributed by atoms with Gasteiger partial charge in [-0.15, -0.1) is 24.0 Å². The third-order valence-corrected chi connectivity index (χ3v) is 3.05. The second-order valence-electron chi connectivity index (χ2n) is 5.26. The van der Waals surface area contributed by atoms with Gasteiger partial charge >= 0.3 is 12.4 Å². The van der Waals surface area contributed by atoms with Crippen molar-refractivity contribution in [3.63, 3.8) is 0 Å². The highest BCUT2D eigenvalue weighted by molar-refractivity contribution is 14.0. The quantitative estimate of drug-likeness (QED) is 0.162. The topological polar surface area (TPSA) is 61.3 Å². The van der Waals surface area contributed by atoms with Crippen LogP contribution in [0.4, 0.5) is 32.2 Å². The minimum Gasteiger partial charge on any atom is -0.370 e. The van der Waals surface area contributed by atoms with Crippen LogP contribution in [0.1, 0.15) is 25.3 Å². The van der Waals surface area contributed by atoms with Gasteiger partial charge < -0.3 is 16.0 Å². The molecular formula is C15H22F6IN5. The molecule has 0 aromatic carbocycles. The minimum absolute atomic E-state index is 0. The molecule has 1 aromatic rings. The second-order valence-corrected chi connectivity index (χ2v) is 5.26. The summed E-state index contributed by atoms with van der Waals surface area (Å²) in [6.07, 6.45) is -8.35. The van der Waals surface area contributed by atoms with Crippen LogP contribution in [0.2, 0.25) is 0 Å². The van der Waals surface area contributed by atoms with E-state index >= 15 is 0 Å². The van der Waals surface area contributed by atoms with E-state index in [1.807, 2.05) is 0 Å². The molecule has 5 nitrogen and oxygen atoms in total. The van der Waals surface area contributed by atoms with E-state index in [9.17, 15) is 26.3 Å². The van der Waals surface area contributed by atoms with Crippen LogP contribution < -0.4 is 16.0 Å². The first-order valence-corrected chi connectivity index (χ1v) is 7.98. The Kier molecular flexibility index (Phi) is 11.4. The standard InChI is InChI=1S/C15H21F6N5.HI/c1-2-22-13(25-9-6-14(16,17)18)24-8-3-7-23-12-5-4-11(10-26-12)15(19,20)21;/h4-5,10H,2-3,6-9H2,1H3,(H,23,26)(H2,22,24,25);1H. The van der Waals surface area contributed by atoms with E-state index in [0.29, 0.717) is 31.9 Å². The lowest BCUT2D eigenvalue weighted by molar-refractivity contribution is -0.138. The molecule has 0 unspecified atom stereocenters. The zero-order chi connectivity index (χ0) is 19.6. The highest BCUT2D eigenvalue weighted by Crippen LogP contribution is 2.28. The van der Waals surface area contributed by atoms with Gasteiger partial charge in [-0.25, -0.2) is 4.98 Å². The number of hydrogen-bond acceptors (Lipinski definition) is 3. The molecule has 0 saturated heterocycles. The van der Waals surface area contributed by atoms with E-state index in [2.05, 4.69) is 25.9 Å². The number of guanidine groups is 1. The molecule has 0 aliphatic heterocycles. The van der Waals surface area contributed by atoms with Crippen LogP contribution in [0.5, 0.6) is 0 Å². The number of aliphatic imine (C=N–C) groups is 1. The third kappa shape index (κ3) is 11.8. The molecule has 1 aromatic heterocycles. The van der Waals surface area contributed by atoms with Crippen LogP contribution in [0.25, 0.3) is 0 Å². The van der Waals surface area contributed by atoms with Gasteiger partial charge in [0.1, 0.15) is 5.82 Å². The van der Waals surface area contributed by atoms with Crippen molar-refractivity contribution in [1.82, 2.24) is 15.6 Å². The maximum absolute atomic E-state index is 12.4. The van der Waals surface area contributed by atoms with Crippen LogP contribution in [0.15, 0.2) is 23.3 Å². The number of anilines is 1. The number of alkyl halides is 6. The van der Waals surface area contributed by atoms with E-state index in [1.165, 1.54) is 6.07 Å². The molecule has 0 atom stereocenters. The molecule has 0 fully saturated rings. The Labute approximate surface area is 170 Å². The zero-order valence-electron chi connectivity index (χ0n) is 14.5. The van der Waals surface area contributed by atoms with Crippen molar-refractivity contribution in [3.8, 4) is 0 Å². The van der Waals surface area contributed by atoms with Gasteiger partial charge in [-0.3, -0.25) is 4.99 Å². The van der Waals surface area contributed by atoms with Gasteiger partial charge in [-0.1, -0.05) is 0 Å². The Morgan fingerprint density at radius 3 is 2.30 bits per heavy atom. The molecule has 1 heterocycles. The summed E-state index contributed by atoms with van der Waals surface area (Å²) in [6, 6.07) is 2.16. The van der Waals surface area contributed by atoms with Crippen LogP contribution in [-0.4, -0.2) is 43.3 Å². The van der Waals surface area contributed by atoms with Crippen molar-refractivity contribution in [2.24, 2.45) is 4.99 Å². The van der Waals surface area contributed by atoms with E-state index in [0.717, 1.165) is 12.3 Å². The first-order valence-electron chi connectivity index (χ1n) is 7.98. The Morgan fingerprint density at radius 1 is 1.07 bits per heavy atom. The van der Waals surface area contributed by atoms with E-state index in [4.69, 9.17) is 0 Å². The molecule has 3 N–H and O–H groups in total. The lowest BCUT2D eigenvalue weighted by Gasteiger charge is -2.12. The fourth-order valence-corrected chi connectivity index (χ4v) is 1.82. The number of halogens is 7. The van der Waals surface area contributed by atoms with Crippen LogP contribution >= 0.6 is 24.0 Å². The highest BCUT2D eigenvalue weighted by Gasteiger charge is 2.30. The number of hydrogen-bond donors (Lipinski definition) is 3. The summed E-state index contributed by atoms with van der Waals surface area (Å²) in [7, 11) is 0. The summed E-state index contributed by atoms with van der Waals surface area (Å²) < 4.78 is 73.6. The number of rotatable bonds is 8. The minimum atomic E-state index is -4.43. The van der Waals surface area contributed by atoms with E-state index in [1.54, 1.807) is 6.92 Å². The van der Waals surface area contributed by atoms with Gasteiger partial charge in [0.25, 0.3) is 0 Å². The highest BCUT2D eigenvalue weighted by atomic mass is 127. The Balaban J connectivity index is 0.00000676. The fraction of sp³-hybridized carbons (Fsp3) is 0.600. The number of pyridine rings is 1. The Bertz CT molecular complexity index is 559. The van der Waals surface area contributed by atoms with Gasteiger partial charge in [0.2, 0.25) is 0 Å². The van der Waals surface area contributed by atoms with Gasteiger partial charge in [0, 0.05) is 32.4 Å². The number of aromatic nitrogens is 1. The Hall–Kier alpha value is -1.47. The largest absolute Gasteiger partial charge is 0.417 e. The average molecular weight is 513 g/mol. The molecule has 0 bridgehead atoms. The Morgan fingerprint density at radius 2 is 1.78 bits per heavy atom. The first-order chi connectivity index (χ1) is 12.1. The van der Waals surface area contributed by atoms with E-state index in [-0.39, 0.29) is 36.5 Å². The molecule has 0 spiro atoms. The summed E-state index contributed by atoms with van der Waals surface area (Å²) in [5.74, 6) is 0.585. The molecule has 12 heteroatoms. The van der Waals surface area contributed by atoms with Crippen LogP contribution in [0.3, 0.4) is 0 Å². The molecule has 0 amide bonds. The van der Waals surface area contributed by atoms with Crippen molar-refractivity contribution >= 4 is 35.8 Å². The molecular weight excluding hydrogens is 491 g/mol. The summed E-state index contributed by atoms with van der Waals surface area (Å²) in [6.45, 7) is 2.76. The molecule has 0 saturated carbocycles. The molecule has 0 aliphatic carbocycles. The first kappa shape index (κ1) is 25.5. The van der Waals surface area contributed by atoms with Crippen molar-refractivity contribution < 1.29 is 26.3 Å². The maximum Gasteiger partial charge on any atom is 0.417 e. The molecule has 1 rings (SSSR count). The molecule has 156 valence electrons. The summed E-state index contributed by atoms with van der Waals surface area (Å²) >= 11 is 0. The lowest BCUT2D eigenvalue weighted by atomic mass is 10.3. The summed E-state index contributed by atoms with van der Waals surface area (Å²) in [4.78, 5) is 7.80. The van der Waals surface area contributed by atoms with Crippen LogP contribution in [0, 0.1) is 0 Å². The predicted molar refractivity (Wildman–Crippen MR) is 102 cm³/mol. The molecule has 27 heavy (non-hydrogen) atoms. The van der Waals surface area contributed by atoms with Crippen LogP contribution in [-0.2, 0) is 6.18 Å². The van der Waals surface area contributed by atoms with Gasteiger partial charge in [-0.05, 0) is 25.5 Å². The summed E-state index contributed by atoms with van der Waals surface area (Å²) in [5, 5.41) is 8.27. The van der Waals surface area contributed by atoms with Crippen molar-refractivity contribution in [2.75, 3.05) is 31.5 Å². The average Bonchev–Trinajstić information content (AvgIpc) is 2.53. The smallest absolute Gasteiger partial charge is 0.370 e. The lowest BCUT2D eigenvalue weighted by Crippen LogP contribution is -2.39. The second kappa shape index (κ2) is 12.1. The predicted octanol–water partition coefficient (Wildman–Crippen LogP) is 4.03. The molecule has 0 radical (unpaired) electrons. The SMILES string of the molecule is CCNC(=NCCCNc1ccc(C(F)(F)F)cn1)NCCC(F)(F)F.I. The zero-order valence-corrected chi connectivity index (χ0v) is 16.9. The summed E-state index contributed by atoms with van der Waals surface area (Å²) in [5.41, 5.74) is -0.826. The number of nitrogens with one attached hydrogen (secondary N) is 3. The van der Waals surface area contributed by atoms with Crippen molar-refractivity contribution in [2.45, 2.75) is 32.1 Å². The monoisotopic (exact) mass is 513 g/mol. The fourth-order valence-electron chi connectivity index (χ4n) is 1.82. The van der Waals surface area contributed by atoms with Gasteiger partial charge in [0.15, 0.2) is 5.96 Å². The third-order valence-electron chi connectivity index (χ3n) is 3.05. The van der Waals surface area contributed by atoms with E-state index < -0.39 is 24.3 Å². The van der Waals surface area contributed by atoms with Gasteiger partial charge in [0.05, 0.1) is 12.0 Å². The van der Waals surface area contributed by atoms with Crippen molar-refractivity contribution in [1.29, 1.82) is 0 Å². The maximum atomic E-state index is 12.4. The van der Waals surface area contributed by atoms with Gasteiger partial charge in [-0.2, -0.15) is 26.3 Å².